The van der Waals surface area contributed by atoms with Crippen molar-refractivity contribution >= 4 is 11.8 Å². The number of aliphatic hydroxyl groups is 1. The SMILES string of the molecule is C[C@H](CC(=O)N1CCC(O)(CN2CNC(NCc3ccc4c(c3)OCCO4)CC2=O)CC1)c1ccccc1. The zero-order valence-corrected chi connectivity index (χ0v) is 22.0. The van der Waals surface area contributed by atoms with Gasteiger partial charge in [0.2, 0.25) is 11.8 Å². The van der Waals surface area contributed by atoms with Crippen LogP contribution < -0.4 is 20.1 Å². The van der Waals surface area contributed by atoms with E-state index in [9.17, 15) is 14.7 Å². The molecule has 2 aromatic carbocycles. The van der Waals surface area contributed by atoms with Gasteiger partial charge in [0.1, 0.15) is 13.2 Å². The molecule has 0 radical (unpaired) electrons. The molecule has 9 nitrogen and oxygen atoms in total. The second-order valence-corrected chi connectivity index (χ2v) is 10.7. The van der Waals surface area contributed by atoms with Gasteiger partial charge in [0.05, 0.1) is 31.4 Å². The molecule has 3 aliphatic heterocycles. The Morgan fingerprint density at radius 1 is 1.13 bits per heavy atom. The minimum absolute atomic E-state index is 0.00652. The van der Waals surface area contributed by atoms with Crippen LogP contribution in [-0.4, -0.2) is 78.0 Å². The predicted molar refractivity (Wildman–Crippen MR) is 143 cm³/mol. The molecule has 0 aromatic heterocycles. The van der Waals surface area contributed by atoms with Crippen LogP contribution in [0.4, 0.5) is 0 Å². The van der Waals surface area contributed by atoms with Gasteiger partial charge in [-0.3, -0.25) is 20.2 Å². The minimum Gasteiger partial charge on any atom is -0.486 e. The van der Waals surface area contributed by atoms with E-state index in [1.807, 2.05) is 41.3 Å². The third-order valence-corrected chi connectivity index (χ3v) is 7.80. The number of β-amino-alcohol motifs (C(OH)–C–C–N with tert-alkyl or cyclic N) is 1. The average molecular weight is 523 g/mol. The van der Waals surface area contributed by atoms with Crippen LogP contribution in [0.15, 0.2) is 48.5 Å². The summed E-state index contributed by atoms with van der Waals surface area (Å²) in [4.78, 5) is 29.3. The maximum absolute atomic E-state index is 12.9. The summed E-state index contributed by atoms with van der Waals surface area (Å²) in [5.74, 6) is 1.79. The molecule has 2 atom stereocenters. The Kier molecular flexibility index (Phi) is 8.16. The van der Waals surface area contributed by atoms with Gasteiger partial charge < -0.3 is 24.4 Å². The zero-order chi connectivity index (χ0) is 26.5. The number of carbonyl (C=O) groups is 2. The van der Waals surface area contributed by atoms with Gasteiger partial charge in [-0.15, -0.1) is 0 Å². The van der Waals surface area contributed by atoms with E-state index in [2.05, 4.69) is 29.7 Å². The molecule has 5 rings (SSSR count). The quantitative estimate of drug-likeness (QED) is 0.488. The molecule has 2 fully saturated rings. The lowest BCUT2D eigenvalue weighted by atomic mass is 9.89. The number of nitrogens with one attached hydrogen (secondary N) is 2. The maximum Gasteiger partial charge on any atom is 0.226 e. The lowest BCUT2D eigenvalue weighted by Gasteiger charge is -2.43. The van der Waals surface area contributed by atoms with Gasteiger partial charge in [0.25, 0.3) is 0 Å². The summed E-state index contributed by atoms with van der Waals surface area (Å²) in [7, 11) is 0. The number of ether oxygens (including phenoxy) is 2. The first-order chi connectivity index (χ1) is 18.4. The summed E-state index contributed by atoms with van der Waals surface area (Å²) >= 11 is 0. The first-order valence-corrected chi connectivity index (χ1v) is 13.6. The number of hydrogen-bond acceptors (Lipinski definition) is 7. The van der Waals surface area contributed by atoms with Gasteiger partial charge in [0, 0.05) is 26.1 Å². The Hall–Kier alpha value is -3.14. The van der Waals surface area contributed by atoms with Crippen LogP contribution in [0.25, 0.3) is 0 Å². The van der Waals surface area contributed by atoms with Crippen molar-refractivity contribution in [3.63, 3.8) is 0 Å². The van der Waals surface area contributed by atoms with E-state index in [-0.39, 0.29) is 30.4 Å². The first-order valence-electron chi connectivity index (χ1n) is 13.6. The molecular weight excluding hydrogens is 484 g/mol. The van der Waals surface area contributed by atoms with Gasteiger partial charge >= 0.3 is 0 Å². The Morgan fingerprint density at radius 3 is 2.61 bits per heavy atom. The van der Waals surface area contributed by atoms with Gasteiger partial charge in [-0.2, -0.15) is 0 Å². The normalized spacial score (nSPS) is 21.7. The highest BCUT2D eigenvalue weighted by Crippen LogP contribution is 2.31. The third-order valence-electron chi connectivity index (χ3n) is 7.80. The number of piperidine rings is 1. The van der Waals surface area contributed by atoms with Crippen molar-refractivity contribution in [1.29, 1.82) is 0 Å². The van der Waals surface area contributed by atoms with E-state index in [0.717, 1.165) is 22.6 Å². The van der Waals surface area contributed by atoms with Crippen molar-refractivity contribution in [2.45, 2.75) is 56.8 Å². The second-order valence-electron chi connectivity index (χ2n) is 10.7. The fourth-order valence-electron chi connectivity index (χ4n) is 5.39. The molecule has 204 valence electrons. The number of likely N-dealkylation sites (tertiary alicyclic amines) is 1. The second kappa shape index (κ2) is 11.7. The summed E-state index contributed by atoms with van der Waals surface area (Å²) in [5, 5.41) is 18.0. The Labute approximate surface area is 224 Å². The monoisotopic (exact) mass is 522 g/mol. The van der Waals surface area contributed by atoms with Crippen molar-refractivity contribution in [2.75, 3.05) is 39.5 Å². The van der Waals surface area contributed by atoms with Crippen molar-refractivity contribution in [3.8, 4) is 11.5 Å². The molecule has 9 heteroatoms. The topological polar surface area (TPSA) is 103 Å². The summed E-state index contributed by atoms with van der Waals surface area (Å²) in [6.07, 6.45) is 1.55. The summed E-state index contributed by atoms with van der Waals surface area (Å²) in [5.41, 5.74) is 1.23. The van der Waals surface area contributed by atoms with E-state index in [4.69, 9.17) is 9.47 Å². The summed E-state index contributed by atoms with van der Waals surface area (Å²) in [6, 6.07) is 15.9. The van der Waals surface area contributed by atoms with Crippen LogP contribution in [0.5, 0.6) is 11.5 Å². The zero-order valence-electron chi connectivity index (χ0n) is 22.0. The van der Waals surface area contributed by atoms with E-state index in [0.29, 0.717) is 65.2 Å². The number of fused-ring (bicyclic) bond motifs is 1. The van der Waals surface area contributed by atoms with Crippen LogP contribution >= 0.6 is 0 Å². The van der Waals surface area contributed by atoms with Crippen molar-refractivity contribution in [2.24, 2.45) is 0 Å². The first kappa shape index (κ1) is 26.5. The molecule has 2 amide bonds. The number of rotatable bonds is 8. The van der Waals surface area contributed by atoms with Crippen LogP contribution in [0.1, 0.15) is 49.7 Å². The molecule has 3 heterocycles. The fraction of sp³-hybridized carbons (Fsp3) is 0.517. The predicted octanol–water partition coefficient (Wildman–Crippen LogP) is 2.20. The van der Waals surface area contributed by atoms with E-state index in [1.165, 1.54) is 0 Å². The molecule has 1 unspecified atom stereocenters. The Balaban J connectivity index is 1.05. The van der Waals surface area contributed by atoms with Crippen LogP contribution in [0.2, 0.25) is 0 Å². The number of hydrogen-bond donors (Lipinski definition) is 3. The number of amides is 2. The van der Waals surface area contributed by atoms with Gasteiger partial charge in [-0.05, 0) is 42.0 Å². The highest BCUT2D eigenvalue weighted by Gasteiger charge is 2.38. The highest BCUT2D eigenvalue weighted by atomic mass is 16.6. The molecule has 38 heavy (non-hydrogen) atoms. The van der Waals surface area contributed by atoms with Gasteiger partial charge in [0.15, 0.2) is 11.5 Å². The molecule has 2 saturated heterocycles. The average Bonchev–Trinajstić information content (AvgIpc) is 2.94. The lowest BCUT2D eigenvalue weighted by molar-refractivity contribution is -0.145. The summed E-state index contributed by atoms with van der Waals surface area (Å²) < 4.78 is 11.2. The van der Waals surface area contributed by atoms with E-state index < -0.39 is 5.60 Å². The minimum atomic E-state index is -0.982. The van der Waals surface area contributed by atoms with Crippen molar-refractivity contribution in [1.82, 2.24) is 20.4 Å². The van der Waals surface area contributed by atoms with Crippen LogP contribution in [0, 0.1) is 0 Å². The molecule has 0 saturated carbocycles. The molecule has 0 aliphatic carbocycles. The molecule has 2 aromatic rings. The smallest absolute Gasteiger partial charge is 0.226 e. The van der Waals surface area contributed by atoms with Gasteiger partial charge in [-0.25, -0.2) is 0 Å². The van der Waals surface area contributed by atoms with Gasteiger partial charge in [-0.1, -0.05) is 43.3 Å². The molecule has 3 aliphatic rings. The molecule has 0 spiro atoms. The molecule has 3 N–H and O–H groups in total. The van der Waals surface area contributed by atoms with Crippen molar-refractivity contribution in [3.05, 3.63) is 59.7 Å². The van der Waals surface area contributed by atoms with E-state index in [1.54, 1.807) is 4.90 Å². The Morgan fingerprint density at radius 2 is 1.87 bits per heavy atom. The highest BCUT2D eigenvalue weighted by molar-refractivity contribution is 5.78. The number of carbonyl (C=O) groups excluding carboxylic acids is 2. The molecular formula is C29H38N4O5. The Bertz CT molecular complexity index is 1120. The van der Waals surface area contributed by atoms with Crippen LogP contribution in [0.3, 0.4) is 0 Å². The standard InChI is InChI=1S/C29H38N4O5/c1-21(23-5-3-2-4-6-23)15-27(34)32-11-9-29(36,10-12-32)19-33-20-31-26(17-28(33)35)30-18-22-7-8-24-25(16-22)38-14-13-37-24/h2-8,16,21,26,30-31,36H,9-15,17-20H2,1H3/t21-,26?/m1/s1. The largest absolute Gasteiger partial charge is 0.486 e. The summed E-state index contributed by atoms with van der Waals surface area (Å²) in [6.45, 7) is 5.44. The van der Waals surface area contributed by atoms with Crippen LogP contribution in [-0.2, 0) is 16.1 Å². The maximum atomic E-state index is 12.9. The number of nitrogens with zero attached hydrogens (tertiary/aromatic N) is 2. The van der Waals surface area contributed by atoms with E-state index >= 15 is 0 Å². The molecule has 0 bridgehead atoms. The third kappa shape index (κ3) is 6.46. The fourth-order valence-corrected chi connectivity index (χ4v) is 5.39. The van der Waals surface area contributed by atoms with Crippen molar-refractivity contribution < 1.29 is 24.2 Å². The lowest BCUT2D eigenvalue weighted by Crippen LogP contribution is -2.60. The number of benzene rings is 2.